The van der Waals surface area contributed by atoms with Crippen LogP contribution in [0.5, 0.6) is 0 Å². The molecule has 0 aliphatic carbocycles. The number of rotatable bonds is 6. The van der Waals surface area contributed by atoms with Gasteiger partial charge in [0.1, 0.15) is 0 Å². The average molecular weight is 249 g/mol. The highest BCUT2D eigenvalue weighted by atomic mass is 16.2. The number of unbranched alkanes of at least 4 members (excludes halogenated alkanes) is 1. The van der Waals surface area contributed by atoms with Gasteiger partial charge in [0.05, 0.1) is 6.54 Å². The number of benzene rings is 1. The van der Waals surface area contributed by atoms with Gasteiger partial charge >= 0.3 is 0 Å². The van der Waals surface area contributed by atoms with Crippen molar-refractivity contribution >= 4 is 17.3 Å². The first-order valence-corrected chi connectivity index (χ1v) is 6.38. The van der Waals surface area contributed by atoms with Crippen molar-refractivity contribution in [2.24, 2.45) is 0 Å². The van der Waals surface area contributed by atoms with Crippen LogP contribution in [-0.4, -0.2) is 30.9 Å². The van der Waals surface area contributed by atoms with Crippen LogP contribution < -0.4 is 11.1 Å². The fraction of sp³-hybridized carbons (Fsp3) is 0.500. The molecule has 100 valence electrons. The summed E-state index contributed by atoms with van der Waals surface area (Å²) in [6.45, 7) is 5.41. The number of hydrogen-bond donors (Lipinski definition) is 2. The monoisotopic (exact) mass is 249 g/mol. The van der Waals surface area contributed by atoms with E-state index in [9.17, 15) is 4.79 Å². The molecule has 1 aromatic rings. The second kappa shape index (κ2) is 7.01. The number of nitrogen functional groups attached to an aromatic ring is 1. The van der Waals surface area contributed by atoms with Gasteiger partial charge < -0.3 is 11.1 Å². The van der Waals surface area contributed by atoms with Gasteiger partial charge in [-0.1, -0.05) is 19.4 Å². The molecule has 0 spiro atoms. The molecule has 4 heteroatoms. The van der Waals surface area contributed by atoms with Gasteiger partial charge in [-0.15, -0.1) is 0 Å². The number of carbonyl (C=O) groups is 1. The highest BCUT2D eigenvalue weighted by Crippen LogP contribution is 2.20. The van der Waals surface area contributed by atoms with Crippen molar-refractivity contribution in [1.82, 2.24) is 4.90 Å². The molecule has 0 saturated carbocycles. The van der Waals surface area contributed by atoms with Crippen LogP contribution >= 0.6 is 0 Å². The van der Waals surface area contributed by atoms with Crippen LogP contribution in [0.2, 0.25) is 0 Å². The fourth-order valence-corrected chi connectivity index (χ4v) is 1.73. The molecule has 1 rings (SSSR count). The number of amides is 1. The largest absolute Gasteiger partial charge is 0.398 e. The average Bonchev–Trinajstić information content (AvgIpc) is 2.32. The zero-order valence-corrected chi connectivity index (χ0v) is 11.5. The highest BCUT2D eigenvalue weighted by Gasteiger charge is 2.08. The minimum atomic E-state index is 0.00213. The predicted octanol–water partition coefficient (Wildman–Crippen LogP) is 2.25. The van der Waals surface area contributed by atoms with Crippen molar-refractivity contribution in [3.05, 3.63) is 23.8 Å². The van der Waals surface area contributed by atoms with Crippen molar-refractivity contribution in [3.63, 3.8) is 0 Å². The van der Waals surface area contributed by atoms with Crippen molar-refractivity contribution in [2.75, 3.05) is 31.2 Å². The Bertz CT molecular complexity index is 404. The number of nitrogens with one attached hydrogen (secondary N) is 1. The third kappa shape index (κ3) is 4.37. The molecule has 4 nitrogen and oxygen atoms in total. The lowest BCUT2D eigenvalue weighted by Gasteiger charge is -2.16. The quantitative estimate of drug-likeness (QED) is 0.760. The molecule has 18 heavy (non-hydrogen) atoms. The number of anilines is 2. The molecule has 0 atom stereocenters. The Labute approximate surface area is 109 Å². The van der Waals surface area contributed by atoms with Crippen LogP contribution in [0, 0.1) is 6.92 Å². The summed E-state index contributed by atoms with van der Waals surface area (Å²) < 4.78 is 0. The molecule has 0 aromatic heterocycles. The van der Waals surface area contributed by atoms with E-state index in [0.717, 1.165) is 30.6 Å². The molecule has 0 heterocycles. The summed E-state index contributed by atoms with van der Waals surface area (Å²) in [7, 11) is 1.96. The molecule has 0 saturated heterocycles. The Morgan fingerprint density at radius 2 is 2.17 bits per heavy atom. The van der Waals surface area contributed by atoms with E-state index in [1.807, 2.05) is 37.1 Å². The van der Waals surface area contributed by atoms with E-state index >= 15 is 0 Å². The van der Waals surface area contributed by atoms with E-state index < -0.39 is 0 Å². The summed E-state index contributed by atoms with van der Waals surface area (Å²) in [6.07, 6.45) is 2.25. The maximum absolute atomic E-state index is 11.9. The Morgan fingerprint density at radius 1 is 1.44 bits per heavy atom. The van der Waals surface area contributed by atoms with Crippen LogP contribution in [0.1, 0.15) is 25.3 Å². The molecular weight excluding hydrogens is 226 g/mol. The molecule has 0 unspecified atom stereocenters. The van der Waals surface area contributed by atoms with Crippen molar-refractivity contribution in [2.45, 2.75) is 26.7 Å². The third-order valence-electron chi connectivity index (χ3n) is 2.96. The normalized spacial score (nSPS) is 10.7. The summed E-state index contributed by atoms with van der Waals surface area (Å²) in [5.41, 5.74) is 8.22. The minimum Gasteiger partial charge on any atom is -0.398 e. The van der Waals surface area contributed by atoms with E-state index in [0.29, 0.717) is 12.2 Å². The van der Waals surface area contributed by atoms with Crippen molar-refractivity contribution < 1.29 is 4.79 Å². The number of carbonyl (C=O) groups excluding carboxylic acids is 1. The molecule has 3 N–H and O–H groups in total. The van der Waals surface area contributed by atoms with Crippen LogP contribution in [0.3, 0.4) is 0 Å². The third-order valence-corrected chi connectivity index (χ3v) is 2.96. The summed E-state index contributed by atoms with van der Waals surface area (Å²) in [5.74, 6) is 0.00213. The minimum absolute atomic E-state index is 0.00213. The highest BCUT2D eigenvalue weighted by molar-refractivity contribution is 5.93. The van der Waals surface area contributed by atoms with Crippen LogP contribution in [0.4, 0.5) is 11.4 Å². The van der Waals surface area contributed by atoms with E-state index in [1.54, 1.807) is 0 Å². The molecule has 1 amide bonds. The molecule has 0 aliphatic heterocycles. The lowest BCUT2D eigenvalue weighted by Crippen LogP contribution is -2.31. The Morgan fingerprint density at radius 3 is 2.83 bits per heavy atom. The van der Waals surface area contributed by atoms with Crippen molar-refractivity contribution in [3.8, 4) is 0 Å². The van der Waals surface area contributed by atoms with Crippen LogP contribution in [-0.2, 0) is 4.79 Å². The van der Waals surface area contributed by atoms with Crippen molar-refractivity contribution in [1.29, 1.82) is 0 Å². The lowest BCUT2D eigenvalue weighted by molar-refractivity contribution is -0.117. The van der Waals surface area contributed by atoms with E-state index in [-0.39, 0.29) is 5.91 Å². The number of hydrogen-bond acceptors (Lipinski definition) is 3. The topological polar surface area (TPSA) is 58.4 Å². The van der Waals surface area contributed by atoms with E-state index in [4.69, 9.17) is 5.73 Å². The Balaban J connectivity index is 2.52. The van der Waals surface area contributed by atoms with Crippen LogP contribution in [0.15, 0.2) is 18.2 Å². The maximum atomic E-state index is 11.9. The second-order valence-electron chi connectivity index (χ2n) is 4.66. The summed E-state index contributed by atoms with van der Waals surface area (Å²) >= 11 is 0. The van der Waals surface area contributed by atoms with Gasteiger partial charge in [-0.25, -0.2) is 0 Å². The maximum Gasteiger partial charge on any atom is 0.238 e. The number of nitrogens with two attached hydrogens (primary N) is 1. The van der Waals surface area contributed by atoms with Gasteiger partial charge in [-0.3, -0.25) is 9.69 Å². The smallest absolute Gasteiger partial charge is 0.238 e. The van der Waals surface area contributed by atoms with Gasteiger partial charge in [0.15, 0.2) is 0 Å². The molecule has 0 radical (unpaired) electrons. The Kier molecular flexibility index (Phi) is 5.65. The zero-order valence-electron chi connectivity index (χ0n) is 11.5. The second-order valence-corrected chi connectivity index (χ2v) is 4.66. The summed E-state index contributed by atoms with van der Waals surface area (Å²) in [4.78, 5) is 13.9. The molecule has 0 aliphatic rings. The Hall–Kier alpha value is -1.55. The summed E-state index contributed by atoms with van der Waals surface area (Å²) in [5, 5.41) is 2.90. The first-order chi connectivity index (χ1) is 8.54. The van der Waals surface area contributed by atoms with E-state index in [2.05, 4.69) is 12.2 Å². The molecule has 0 bridgehead atoms. The zero-order chi connectivity index (χ0) is 13.5. The molecule has 0 fully saturated rings. The molecular formula is C14H23N3O. The van der Waals surface area contributed by atoms with Crippen LogP contribution in [0.25, 0.3) is 0 Å². The predicted molar refractivity (Wildman–Crippen MR) is 76.6 cm³/mol. The number of nitrogens with zero attached hydrogens (tertiary/aromatic N) is 1. The summed E-state index contributed by atoms with van der Waals surface area (Å²) in [6, 6.07) is 5.55. The first-order valence-electron chi connectivity index (χ1n) is 6.38. The number of likely N-dealkylation sites (N-methyl/N-ethyl adjacent to an activating group) is 1. The first kappa shape index (κ1) is 14.5. The van der Waals surface area contributed by atoms with Gasteiger partial charge in [-0.2, -0.15) is 0 Å². The standard InChI is InChI=1S/C14H23N3O/c1-4-5-9-17(3)10-14(18)16-13-8-6-7-12(15)11(13)2/h6-8H,4-5,9-10,15H2,1-3H3,(H,16,18). The van der Waals surface area contributed by atoms with Gasteiger partial charge in [0.25, 0.3) is 0 Å². The SMILES string of the molecule is CCCCN(C)CC(=O)Nc1cccc(N)c1C. The van der Waals surface area contributed by atoms with Gasteiger partial charge in [0.2, 0.25) is 5.91 Å². The van der Waals surface area contributed by atoms with E-state index in [1.165, 1.54) is 0 Å². The van der Waals surface area contributed by atoms with Gasteiger partial charge in [-0.05, 0) is 44.6 Å². The molecule has 1 aromatic carbocycles. The van der Waals surface area contributed by atoms with Gasteiger partial charge in [0, 0.05) is 11.4 Å². The fourth-order valence-electron chi connectivity index (χ4n) is 1.73. The lowest BCUT2D eigenvalue weighted by atomic mass is 10.1.